The van der Waals surface area contributed by atoms with Gasteiger partial charge in [0.2, 0.25) is 11.0 Å². The van der Waals surface area contributed by atoms with Gasteiger partial charge in [0.1, 0.15) is 0 Å². The lowest BCUT2D eigenvalue weighted by Crippen LogP contribution is -2.09. The lowest BCUT2D eigenvalue weighted by Gasteiger charge is -2.05. The molecule has 0 N–H and O–H groups in total. The number of fused-ring (bicyclic) bond motifs is 1. The summed E-state index contributed by atoms with van der Waals surface area (Å²) in [5.41, 5.74) is 2.13. The average Bonchev–Trinajstić information content (AvgIpc) is 2.99. The van der Waals surface area contributed by atoms with Gasteiger partial charge in [0, 0.05) is 17.8 Å². The van der Waals surface area contributed by atoms with Gasteiger partial charge in [-0.2, -0.15) is 0 Å². The monoisotopic (exact) mass is 273 g/mol. The fourth-order valence-electron chi connectivity index (χ4n) is 2.61. The van der Waals surface area contributed by atoms with Crippen molar-refractivity contribution in [2.24, 2.45) is 0 Å². The van der Waals surface area contributed by atoms with Gasteiger partial charge in [-0.1, -0.05) is 30.3 Å². The van der Waals surface area contributed by atoms with Gasteiger partial charge in [-0.25, -0.2) is 0 Å². The van der Waals surface area contributed by atoms with Crippen molar-refractivity contribution in [2.45, 2.75) is 18.9 Å². The van der Waals surface area contributed by atoms with Crippen LogP contribution in [0, 0.1) is 0 Å². The van der Waals surface area contributed by atoms with E-state index in [-0.39, 0.29) is 16.9 Å². The molecular formula is C15H12ClNO2. The van der Waals surface area contributed by atoms with E-state index in [4.69, 9.17) is 11.6 Å². The average molecular weight is 274 g/mol. The minimum absolute atomic E-state index is 0.0190. The molecule has 2 aromatic rings. The van der Waals surface area contributed by atoms with Gasteiger partial charge >= 0.3 is 0 Å². The van der Waals surface area contributed by atoms with Crippen molar-refractivity contribution in [3.63, 3.8) is 0 Å². The van der Waals surface area contributed by atoms with Crippen molar-refractivity contribution in [1.82, 2.24) is 4.57 Å². The first-order chi connectivity index (χ1) is 9.18. The summed E-state index contributed by atoms with van der Waals surface area (Å²) in [6.45, 7) is 0.666. The van der Waals surface area contributed by atoms with Gasteiger partial charge in [0.15, 0.2) is 0 Å². The molecular weight excluding hydrogens is 262 g/mol. The zero-order valence-corrected chi connectivity index (χ0v) is 10.9. The van der Waals surface area contributed by atoms with Crippen LogP contribution < -0.4 is 0 Å². The third-order valence-corrected chi connectivity index (χ3v) is 3.82. The zero-order valence-electron chi connectivity index (χ0n) is 10.2. The molecule has 1 aliphatic heterocycles. The number of carbonyl (C=O) groups is 2. The quantitative estimate of drug-likeness (QED) is 0.637. The van der Waals surface area contributed by atoms with Crippen molar-refractivity contribution in [3.8, 4) is 0 Å². The molecule has 0 radical (unpaired) electrons. The van der Waals surface area contributed by atoms with Gasteiger partial charge in [-0.05, 0) is 30.2 Å². The largest absolute Gasteiger partial charge is 0.341 e. The van der Waals surface area contributed by atoms with Crippen LogP contribution in [0.5, 0.6) is 0 Å². The number of nitrogens with zero attached hydrogens (tertiary/aromatic N) is 1. The maximum absolute atomic E-state index is 12.4. The molecule has 0 amide bonds. The van der Waals surface area contributed by atoms with Crippen LogP contribution >= 0.6 is 11.6 Å². The number of halogens is 1. The Hall–Kier alpha value is -1.87. The Labute approximate surface area is 115 Å². The fraction of sp³-hybridized carbons (Fsp3) is 0.200. The summed E-state index contributed by atoms with van der Waals surface area (Å²) in [6.07, 6.45) is 0.674. The molecule has 0 saturated carbocycles. The van der Waals surface area contributed by atoms with Crippen molar-refractivity contribution in [2.75, 3.05) is 0 Å². The number of hydrogen-bond donors (Lipinski definition) is 0. The molecule has 3 nitrogen and oxygen atoms in total. The first-order valence-electron chi connectivity index (χ1n) is 6.17. The highest BCUT2D eigenvalue weighted by Crippen LogP contribution is 2.32. The highest BCUT2D eigenvalue weighted by Gasteiger charge is 2.30. The Bertz CT molecular complexity index is 645. The minimum Gasteiger partial charge on any atom is -0.341 e. The van der Waals surface area contributed by atoms with Gasteiger partial charge in [0.05, 0.1) is 11.6 Å². The molecule has 0 bridgehead atoms. The van der Waals surface area contributed by atoms with Crippen LogP contribution in [0.4, 0.5) is 0 Å². The maximum Gasteiger partial charge on any atom is 0.230 e. The lowest BCUT2D eigenvalue weighted by atomic mass is 10.1. The van der Waals surface area contributed by atoms with Crippen LogP contribution in [0.15, 0.2) is 42.5 Å². The van der Waals surface area contributed by atoms with E-state index in [1.165, 1.54) is 0 Å². The van der Waals surface area contributed by atoms with Crippen LogP contribution in [-0.4, -0.2) is 15.6 Å². The molecule has 3 rings (SSSR count). The van der Waals surface area contributed by atoms with E-state index < -0.39 is 0 Å². The van der Waals surface area contributed by atoms with E-state index in [1.807, 2.05) is 28.8 Å². The molecule has 0 spiro atoms. The first kappa shape index (κ1) is 12.2. The highest BCUT2D eigenvalue weighted by molar-refractivity contribution is 6.64. The normalized spacial score (nSPS) is 17.2. The second-order valence-electron chi connectivity index (χ2n) is 4.64. The molecule has 0 saturated heterocycles. The number of hydrogen-bond acceptors (Lipinski definition) is 2. The molecule has 0 aliphatic carbocycles. The summed E-state index contributed by atoms with van der Waals surface area (Å²) in [6, 6.07) is 12.7. The standard InChI is InChI=1S/C15H12ClNO2/c16-15(19)11-8-9-17-12(11)6-7-13(17)14(18)10-4-2-1-3-5-10/h1-7,11H,8-9H2. The number of rotatable bonds is 3. The molecule has 4 heteroatoms. The van der Waals surface area contributed by atoms with E-state index in [2.05, 4.69) is 0 Å². The SMILES string of the molecule is O=C(c1ccccc1)c1ccc2n1CCC2C(=O)Cl. The van der Waals surface area contributed by atoms with Gasteiger partial charge in [-0.15, -0.1) is 0 Å². The Morgan fingerprint density at radius 1 is 1.11 bits per heavy atom. The Balaban J connectivity index is 1.99. The molecule has 19 heavy (non-hydrogen) atoms. The Kier molecular flexibility index (Phi) is 2.99. The van der Waals surface area contributed by atoms with E-state index in [9.17, 15) is 9.59 Å². The highest BCUT2D eigenvalue weighted by atomic mass is 35.5. The smallest absolute Gasteiger partial charge is 0.230 e. The van der Waals surface area contributed by atoms with Crippen LogP contribution in [0.2, 0.25) is 0 Å². The minimum atomic E-state index is -0.351. The number of ketones is 1. The van der Waals surface area contributed by atoms with E-state index in [1.54, 1.807) is 18.2 Å². The summed E-state index contributed by atoms with van der Waals surface area (Å²) in [5.74, 6) is -0.298. The predicted molar refractivity (Wildman–Crippen MR) is 72.5 cm³/mol. The Morgan fingerprint density at radius 2 is 1.84 bits per heavy atom. The zero-order chi connectivity index (χ0) is 13.4. The predicted octanol–water partition coefficient (Wildman–Crippen LogP) is 2.97. The summed E-state index contributed by atoms with van der Waals surface area (Å²) in [4.78, 5) is 23.7. The van der Waals surface area contributed by atoms with Crippen LogP contribution in [0.25, 0.3) is 0 Å². The van der Waals surface area contributed by atoms with Crippen molar-refractivity contribution in [1.29, 1.82) is 0 Å². The molecule has 1 atom stereocenters. The van der Waals surface area contributed by atoms with Crippen molar-refractivity contribution < 1.29 is 9.59 Å². The Morgan fingerprint density at radius 3 is 2.53 bits per heavy atom. The molecule has 2 heterocycles. The van der Waals surface area contributed by atoms with Crippen LogP contribution in [0.1, 0.15) is 34.1 Å². The van der Waals surface area contributed by atoms with E-state index in [0.29, 0.717) is 24.2 Å². The van der Waals surface area contributed by atoms with Crippen LogP contribution in [0.3, 0.4) is 0 Å². The molecule has 0 fully saturated rings. The fourth-order valence-corrected chi connectivity index (χ4v) is 2.83. The summed E-state index contributed by atoms with van der Waals surface area (Å²) in [5, 5.41) is -0.351. The molecule has 1 aromatic carbocycles. The topological polar surface area (TPSA) is 39.1 Å². The molecule has 1 aliphatic rings. The van der Waals surface area contributed by atoms with E-state index in [0.717, 1.165) is 5.69 Å². The van der Waals surface area contributed by atoms with Crippen LogP contribution in [-0.2, 0) is 11.3 Å². The van der Waals surface area contributed by atoms with Gasteiger partial charge in [0.25, 0.3) is 0 Å². The van der Waals surface area contributed by atoms with Crippen molar-refractivity contribution >= 4 is 22.6 Å². The number of benzene rings is 1. The third-order valence-electron chi connectivity index (χ3n) is 3.56. The summed E-state index contributed by atoms with van der Waals surface area (Å²) in [7, 11) is 0. The maximum atomic E-state index is 12.4. The van der Waals surface area contributed by atoms with Gasteiger partial charge < -0.3 is 4.57 Å². The summed E-state index contributed by atoms with van der Waals surface area (Å²) < 4.78 is 1.90. The second-order valence-corrected chi connectivity index (χ2v) is 5.01. The molecule has 1 aromatic heterocycles. The lowest BCUT2D eigenvalue weighted by molar-refractivity contribution is -0.112. The number of carbonyl (C=O) groups excluding carboxylic acids is 2. The number of aromatic nitrogens is 1. The summed E-state index contributed by atoms with van der Waals surface area (Å²) >= 11 is 5.58. The molecule has 96 valence electrons. The molecule has 1 unspecified atom stereocenters. The van der Waals surface area contributed by atoms with Crippen molar-refractivity contribution in [3.05, 3.63) is 59.4 Å². The third kappa shape index (κ3) is 2.00. The van der Waals surface area contributed by atoms with E-state index >= 15 is 0 Å². The first-order valence-corrected chi connectivity index (χ1v) is 6.55. The second kappa shape index (κ2) is 4.67. The van der Waals surface area contributed by atoms with Gasteiger partial charge in [-0.3, -0.25) is 9.59 Å².